The number of aliphatic hydroxyl groups is 1. The Hall–Kier alpha value is -0.170. The lowest BCUT2D eigenvalue weighted by Gasteiger charge is -2.29. The smallest absolute Gasteiger partial charge is 0.214 e. The normalized spacial score (nSPS) is 30.1. The van der Waals surface area contributed by atoms with Gasteiger partial charge in [-0.25, -0.2) is 8.42 Å². The van der Waals surface area contributed by atoms with Crippen molar-refractivity contribution in [1.82, 2.24) is 9.62 Å². The van der Waals surface area contributed by atoms with E-state index in [4.69, 9.17) is 0 Å². The highest BCUT2D eigenvalue weighted by atomic mass is 32.2. The molecule has 2 aliphatic rings. The highest BCUT2D eigenvalue weighted by Crippen LogP contribution is 2.21. The van der Waals surface area contributed by atoms with E-state index in [2.05, 4.69) is 5.32 Å². The van der Waals surface area contributed by atoms with Gasteiger partial charge in [0.15, 0.2) is 0 Å². The molecule has 0 aromatic heterocycles. The molecule has 2 unspecified atom stereocenters. The average molecular weight is 304 g/mol. The molecule has 2 saturated heterocycles. The van der Waals surface area contributed by atoms with E-state index in [1.165, 1.54) is 12.8 Å². The van der Waals surface area contributed by atoms with E-state index in [0.717, 1.165) is 38.6 Å². The molecule has 0 bridgehead atoms. The molecule has 0 aromatic carbocycles. The fourth-order valence-electron chi connectivity index (χ4n) is 3.28. The minimum absolute atomic E-state index is 0.0547. The molecule has 2 aliphatic heterocycles. The van der Waals surface area contributed by atoms with Crippen LogP contribution in [0.4, 0.5) is 0 Å². The first-order chi connectivity index (χ1) is 9.63. The quantitative estimate of drug-likeness (QED) is 0.797. The summed E-state index contributed by atoms with van der Waals surface area (Å²) in [5, 5.41) is 12.8. The van der Waals surface area contributed by atoms with Crippen LogP contribution in [0, 0.1) is 0 Å². The van der Waals surface area contributed by atoms with Crippen LogP contribution < -0.4 is 5.32 Å². The highest BCUT2D eigenvalue weighted by molar-refractivity contribution is 7.89. The third kappa shape index (κ3) is 4.41. The average Bonchev–Trinajstić information content (AvgIpc) is 2.72. The molecule has 2 heterocycles. The summed E-state index contributed by atoms with van der Waals surface area (Å²) in [6.45, 7) is 1.53. The van der Waals surface area contributed by atoms with Crippen LogP contribution >= 0.6 is 0 Å². The number of hydrogen-bond donors (Lipinski definition) is 2. The molecule has 0 aliphatic carbocycles. The van der Waals surface area contributed by atoms with Gasteiger partial charge in [-0.05, 0) is 38.6 Å². The number of piperidine rings is 1. The topological polar surface area (TPSA) is 69.6 Å². The fraction of sp³-hybridized carbons (Fsp3) is 1.00. The number of sulfonamides is 1. The van der Waals surface area contributed by atoms with Gasteiger partial charge in [0, 0.05) is 18.6 Å². The maximum Gasteiger partial charge on any atom is 0.214 e. The third-order valence-electron chi connectivity index (χ3n) is 4.53. The molecule has 0 aromatic rings. The number of nitrogens with zero attached hydrogens (tertiary/aromatic N) is 1. The minimum atomic E-state index is -3.23. The number of hydrogen-bond acceptors (Lipinski definition) is 4. The standard InChI is InChI=1S/C14H28N2O3S/c17-12-14-7-2-1-5-10-16(14)20(18,19)11-8-13-6-3-4-9-15-13/h13-15,17H,1-12H2. The Balaban J connectivity index is 1.92. The van der Waals surface area contributed by atoms with Gasteiger partial charge in [0.25, 0.3) is 0 Å². The van der Waals surface area contributed by atoms with E-state index in [0.29, 0.717) is 19.0 Å². The van der Waals surface area contributed by atoms with Crippen molar-refractivity contribution in [1.29, 1.82) is 0 Å². The van der Waals surface area contributed by atoms with Gasteiger partial charge >= 0.3 is 0 Å². The molecule has 0 spiro atoms. The minimum Gasteiger partial charge on any atom is -0.395 e. The summed E-state index contributed by atoms with van der Waals surface area (Å²) in [5.41, 5.74) is 0. The van der Waals surface area contributed by atoms with Crippen molar-refractivity contribution in [3.05, 3.63) is 0 Å². The van der Waals surface area contributed by atoms with E-state index in [1.54, 1.807) is 4.31 Å². The van der Waals surface area contributed by atoms with Gasteiger partial charge in [-0.2, -0.15) is 4.31 Å². The molecule has 0 amide bonds. The molecule has 2 atom stereocenters. The molecule has 118 valence electrons. The predicted molar refractivity (Wildman–Crippen MR) is 80.1 cm³/mol. The second-order valence-corrected chi connectivity index (χ2v) is 8.09. The predicted octanol–water partition coefficient (Wildman–Crippen LogP) is 1.09. The van der Waals surface area contributed by atoms with Gasteiger partial charge in [0.05, 0.1) is 12.4 Å². The lowest BCUT2D eigenvalue weighted by atomic mass is 10.0. The molecule has 20 heavy (non-hydrogen) atoms. The zero-order valence-electron chi connectivity index (χ0n) is 12.3. The van der Waals surface area contributed by atoms with Crippen LogP contribution in [0.2, 0.25) is 0 Å². The fourth-order valence-corrected chi connectivity index (χ4v) is 5.13. The molecule has 2 N–H and O–H groups in total. The SMILES string of the molecule is O=S(=O)(CCC1CCCCN1)N1CCCCCC1CO. The summed E-state index contributed by atoms with van der Waals surface area (Å²) in [6, 6.07) is 0.139. The lowest BCUT2D eigenvalue weighted by Crippen LogP contribution is -2.44. The Morgan fingerprint density at radius 1 is 1.10 bits per heavy atom. The van der Waals surface area contributed by atoms with Crippen molar-refractivity contribution in [2.24, 2.45) is 0 Å². The summed E-state index contributed by atoms with van der Waals surface area (Å²) in [5.74, 6) is 0.209. The van der Waals surface area contributed by atoms with Crippen LogP contribution in [-0.2, 0) is 10.0 Å². The van der Waals surface area contributed by atoms with Crippen molar-refractivity contribution in [3.63, 3.8) is 0 Å². The van der Waals surface area contributed by atoms with E-state index in [-0.39, 0.29) is 18.4 Å². The summed E-state index contributed by atoms with van der Waals surface area (Å²) in [7, 11) is -3.23. The Morgan fingerprint density at radius 3 is 2.60 bits per heavy atom. The van der Waals surface area contributed by atoms with Crippen LogP contribution in [0.5, 0.6) is 0 Å². The first-order valence-corrected chi connectivity index (χ1v) is 9.58. The zero-order chi connectivity index (χ0) is 14.4. The van der Waals surface area contributed by atoms with E-state index < -0.39 is 10.0 Å². The summed E-state index contributed by atoms with van der Waals surface area (Å²) in [6.07, 6.45) is 7.95. The summed E-state index contributed by atoms with van der Waals surface area (Å²) >= 11 is 0. The first kappa shape index (κ1) is 16.2. The Kier molecular flexibility index (Phi) is 6.26. The van der Waals surface area contributed by atoms with Crippen molar-refractivity contribution in [2.45, 2.75) is 63.5 Å². The van der Waals surface area contributed by atoms with Crippen molar-refractivity contribution in [2.75, 3.05) is 25.4 Å². The molecule has 0 radical (unpaired) electrons. The summed E-state index contributed by atoms with van der Waals surface area (Å²) in [4.78, 5) is 0. The van der Waals surface area contributed by atoms with Crippen LogP contribution in [0.15, 0.2) is 0 Å². The molecule has 0 saturated carbocycles. The van der Waals surface area contributed by atoms with Crippen LogP contribution in [-0.4, -0.2) is 55.4 Å². The van der Waals surface area contributed by atoms with Gasteiger partial charge < -0.3 is 10.4 Å². The molecule has 2 rings (SSSR count). The van der Waals surface area contributed by atoms with Crippen molar-refractivity contribution < 1.29 is 13.5 Å². The summed E-state index contributed by atoms with van der Waals surface area (Å²) < 4.78 is 26.6. The van der Waals surface area contributed by atoms with E-state index >= 15 is 0 Å². The molecule has 5 nitrogen and oxygen atoms in total. The second-order valence-electron chi connectivity index (χ2n) is 6.05. The molecular formula is C14H28N2O3S. The third-order valence-corrected chi connectivity index (χ3v) is 6.47. The van der Waals surface area contributed by atoms with Crippen molar-refractivity contribution >= 4 is 10.0 Å². The first-order valence-electron chi connectivity index (χ1n) is 7.97. The van der Waals surface area contributed by atoms with Gasteiger partial charge in [-0.3, -0.25) is 0 Å². The number of aliphatic hydroxyl groups excluding tert-OH is 1. The Bertz CT molecular complexity index is 380. The Labute approximate surface area is 122 Å². The molecule has 2 fully saturated rings. The molecule has 6 heteroatoms. The van der Waals surface area contributed by atoms with Gasteiger partial charge in [0.2, 0.25) is 10.0 Å². The number of rotatable bonds is 5. The van der Waals surface area contributed by atoms with Gasteiger partial charge in [-0.1, -0.05) is 19.3 Å². The Morgan fingerprint density at radius 2 is 1.90 bits per heavy atom. The number of nitrogens with one attached hydrogen (secondary N) is 1. The van der Waals surface area contributed by atoms with Gasteiger partial charge in [-0.15, -0.1) is 0 Å². The zero-order valence-corrected chi connectivity index (χ0v) is 13.1. The van der Waals surface area contributed by atoms with E-state index in [1.807, 2.05) is 0 Å². The van der Waals surface area contributed by atoms with Crippen LogP contribution in [0.3, 0.4) is 0 Å². The highest BCUT2D eigenvalue weighted by Gasteiger charge is 2.31. The largest absolute Gasteiger partial charge is 0.395 e. The monoisotopic (exact) mass is 304 g/mol. The second kappa shape index (κ2) is 7.73. The maximum atomic E-state index is 12.5. The van der Waals surface area contributed by atoms with Crippen LogP contribution in [0.1, 0.15) is 51.4 Å². The maximum absolute atomic E-state index is 12.5. The lowest BCUT2D eigenvalue weighted by molar-refractivity contribution is 0.186. The molecular weight excluding hydrogens is 276 g/mol. The van der Waals surface area contributed by atoms with Crippen LogP contribution in [0.25, 0.3) is 0 Å². The van der Waals surface area contributed by atoms with Gasteiger partial charge in [0.1, 0.15) is 0 Å². The van der Waals surface area contributed by atoms with Crippen molar-refractivity contribution in [3.8, 4) is 0 Å². The van der Waals surface area contributed by atoms with E-state index in [9.17, 15) is 13.5 Å².